The number of hydrogen-bond acceptors (Lipinski definition) is 5. The average Bonchev–Trinajstić information content (AvgIpc) is 2.61. The minimum atomic E-state index is -0.959. The smallest absolute Gasteiger partial charge is 0.323 e. The Morgan fingerprint density at radius 2 is 1.65 bits per heavy atom. The topological polar surface area (TPSA) is 136 Å². The maximum Gasteiger partial charge on any atom is 0.323 e. The van der Waals surface area contributed by atoms with Gasteiger partial charge in [-0.25, -0.2) is 4.79 Å². The summed E-state index contributed by atoms with van der Waals surface area (Å²) in [6.07, 6.45) is 0. The first-order valence-electron chi connectivity index (χ1n) is 7.59. The first-order chi connectivity index (χ1) is 12.3. The summed E-state index contributed by atoms with van der Waals surface area (Å²) in [5.41, 5.74) is 6.13. The van der Waals surface area contributed by atoms with Gasteiger partial charge in [-0.05, 0) is 43.3 Å². The lowest BCUT2D eigenvalue weighted by Crippen LogP contribution is -2.31. The molecule has 0 saturated carbocycles. The highest BCUT2D eigenvalue weighted by atomic mass is 16.6. The monoisotopic (exact) mass is 359 g/mol. The van der Waals surface area contributed by atoms with Crippen LogP contribution in [0.2, 0.25) is 0 Å². The molecule has 0 spiro atoms. The van der Waals surface area contributed by atoms with Crippen molar-refractivity contribution in [1.29, 1.82) is 0 Å². The quantitative estimate of drug-likeness (QED) is 0.576. The molecule has 9 heteroatoms. The number of carbonyl (C=O) groups is 2. The highest BCUT2D eigenvalue weighted by Gasteiger charge is 2.17. The Labute approximate surface area is 148 Å². The summed E-state index contributed by atoms with van der Waals surface area (Å²) >= 11 is 0. The van der Waals surface area contributed by atoms with Crippen molar-refractivity contribution in [2.75, 3.05) is 11.5 Å². The maximum absolute atomic E-state index is 11.8. The van der Waals surface area contributed by atoms with Gasteiger partial charge in [-0.3, -0.25) is 19.8 Å². The van der Waals surface area contributed by atoms with Crippen LogP contribution in [0.3, 0.4) is 0 Å². The highest BCUT2D eigenvalue weighted by Crippen LogP contribution is 2.28. The molecule has 136 valence electrons. The molecule has 2 aromatic rings. The Morgan fingerprint density at radius 1 is 1.15 bits per heavy atom. The number of carbonyl (C=O) groups excluding carboxylic acids is 1. The van der Waals surface area contributed by atoms with Crippen LogP contribution < -0.4 is 15.4 Å². The van der Waals surface area contributed by atoms with Crippen molar-refractivity contribution in [3.8, 4) is 5.75 Å². The third kappa shape index (κ3) is 4.47. The summed E-state index contributed by atoms with van der Waals surface area (Å²) < 4.78 is 5.38. The van der Waals surface area contributed by atoms with Crippen LogP contribution in [0.1, 0.15) is 6.92 Å². The van der Waals surface area contributed by atoms with Gasteiger partial charge in [0.25, 0.3) is 5.69 Å². The summed E-state index contributed by atoms with van der Waals surface area (Å²) in [6.45, 7) is 1.54. The molecule has 0 fully saturated rings. The summed E-state index contributed by atoms with van der Waals surface area (Å²) in [5.74, 6) is -1.17. The first kappa shape index (κ1) is 18.7. The van der Waals surface area contributed by atoms with Crippen LogP contribution >= 0.6 is 0 Å². The highest BCUT2D eigenvalue weighted by molar-refractivity contribution is 5.98. The van der Waals surface area contributed by atoms with Gasteiger partial charge in [0.15, 0.2) is 0 Å². The second-order valence-electron chi connectivity index (χ2n) is 5.49. The molecule has 2 aromatic carbocycles. The summed E-state index contributed by atoms with van der Waals surface area (Å²) in [5, 5.41) is 19.6. The number of ether oxygens (including phenoxy) is 1. The number of nitro groups is 1. The fraction of sp³-hybridized carbons (Fsp3) is 0.176. The van der Waals surface area contributed by atoms with E-state index in [0.29, 0.717) is 17.1 Å². The maximum atomic E-state index is 11.8. The molecule has 0 radical (unpaired) electrons. The number of non-ortho nitro benzene ring substituents is 1. The van der Waals surface area contributed by atoms with Crippen LogP contribution in [-0.4, -0.2) is 28.6 Å². The van der Waals surface area contributed by atoms with Crippen molar-refractivity contribution in [1.82, 2.24) is 0 Å². The number of amides is 2. The number of nitro benzene ring substituents is 1. The zero-order chi connectivity index (χ0) is 19.3. The minimum Gasteiger partial charge on any atom is -0.493 e. The Balaban J connectivity index is 2.18. The molecule has 0 aliphatic heterocycles. The van der Waals surface area contributed by atoms with E-state index in [4.69, 9.17) is 15.6 Å². The van der Waals surface area contributed by atoms with Gasteiger partial charge in [0.1, 0.15) is 12.4 Å². The van der Waals surface area contributed by atoms with Crippen LogP contribution in [0.4, 0.5) is 21.9 Å². The number of nitrogens with two attached hydrogens (primary N) is 1. The van der Waals surface area contributed by atoms with Gasteiger partial charge in [-0.1, -0.05) is 0 Å². The van der Waals surface area contributed by atoms with E-state index in [1.807, 2.05) is 0 Å². The van der Waals surface area contributed by atoms with E-state index >= 15 is 0 Å². The fourth-order valence-corrected chi connectivity index (χ4v) is 2.11. The van der Waals surface area contributed by atoms with Crippen molar-refractivity contribution in [2.45, 2.75) is 6.92 Å². The van der Waals surface area contributed by atoms with Gasteiger partial charge in [0, 0.05) is 12.1 Å². The predicted octanol–water partition coefficient (Wildman–Crippen LogP) is 2.91. The number of carboxylic acid groups (broad SMARTS) is 1. The molecule has 0 heterocycles. The Morgan fingerprint density at radius 3 is 2.08 bits per heavy atom. The molecule has 2 rings (SSSR count). The number of primary amides is 1. The van der Waals surface area contributed by atoms with E-state index in [0.717, 1.165) is 0 Å². The number of nitrogens with zero attached hydrogens (tertiary/aromatic N) is 2. The molecule has 9 nitrogen and oxygen atoms in total. The minimum absolute atomic E-state index is 0.0105. The van der Waals surface area contributed by atoms with Gasteiger partial charge in [-0.15, -0.1) is 0 Å². The summed E-state index contributed by atoms with van der Waals surface area (Å²) in [7, 11) is 0. The predicted molar refractivity (Wildman–Crippen MR) is 93.6 cm³/mol. The van der Waals surface area contributed by atoms with E-state index in [1.165, 1.54) is 36.1 Å². The molecule has 26 heavy (non-hydrogen) atoms. The molecule has 0 bridgehead atoms. The summed E-state index contributed by atoms with van der Waals surface area (Å²) in [6, 6.07) is 10.9. The molecule has 0 aliphatic rings. The third-order valence-electron chi connectivity index (χ3n) is 3.56. The molecule has 0 aromatic heterocycles. The van der Waals surface area contributed by atoms with Gasteiger partial charge in [0.05, 0.1) is 22.2 Å². The number of urea groups is 1. The average molecular weight is 359 g/mol. The summed E-state index contributed by atoms with van der Waals surface area (Å²) in [4.78, 5) is 34.0. The molecule has 1 atom stereocenters. The van der Waals surface area contributed by atoms with E-state index in [-0.39, 0.29) is 12.3 Å². The lowest BCUT2D eigenvalue weighted by Gasteiger charge is -2.21. The van der Waals surface area contributed by atoms with E-state index in [1.54, 1.807) is 24.3 Å². The number of rotatable bonds is 7. The zero-order valence-corrected chi connectivity index (χ0v) is 13.9. The van der Waals surface area contributed by atoms with E-state index in [2.05, 4.69) is 0 Å². The van der Waals surface area contributed by atoms with Crippen LogP contribution in [0.5, 0.6) is 5.75 Å². The van der Waals surface area contributed by atoms with Gasteiger partial charge in [0.2, 0.25) is 0 Å². The SMILES string of the molecule is CC(COc1ccc(N(C(N)=O)c2ccc([N+](=O)[O-])cc2)cc1)C(=O)O. The Bertz CT molecular complexity index is 804. The molecular weight excluding hydrogens is 342 g/mol. The number of hydrogen-bond donors (Lipinski definition) is 2. The number of carboxylic acids is 1. The van der Waals surface area contributed by atoms with Crippen molar-refractivity contribution in [3.05, 3.63) is 58.6 Å². The molecule has 0 saturated heterocycles. The lowest BCUT2D eigenvalue weighted by molar-refractivity contribution is -0.384. The molecule has 1 unspecified atom stereocenters. The van der Waals surface area contributed by atoms with Crippen LogP contribution in [0.15, 0.2) is 48.5 Å². The van der Waals surface area contributed by atoms with Crippen molar-refractivity contribution < 1.29 is 24.4 Å². The standard InChI is InChI=1S/C17H17N3O6/c1-11(16(21)22)10-26-15-8-6-13(7-9-15)19(17(18)23)12-2-4-14(5-3-12)20(24)25/h2-9,11H,10H2,1H3,(H2,18,23)(H,21,22). The zero-order valence-electron chi connectivity index (χ0n) is 13.9. The lowest BCUT2D eigenvalue weighted by atomic mass is 10.2. The number of aliphatic carboxylic acids is 1. The van der Waals surface area contributed by atoms with Gasteiger partial charge >= 0.3 is 12.0 Å². The number of benzene rings is 2. The normalized spacial score (nSPS) is 11.4. The molecule has 3 N–H and O–H groups in total. The Kier molecular flexibility index (Phi) is 5.74. The van der Waals surface area contributed by atoms with Crippen LogP contribution in [0.25, 0.3) is 0 Å². The molecule has 0 aliphatic carbocycles. The van der Waals surface area contributed by atoms with Crippen molar-refractivity contribution in [3.63, 3.8) is 0 Å². The van der Waals surface area contributed by atoms with Crippen LogP contribution in [0, 0.1) is 16.0 Å². The second-order valence-corrected chi connectivity index (χ2v) is 5.49. The van der Waals surface area contributed by atoms with Crippen molar-refractivity contribution >= 4 is 29.1 Å². The number of anilines is 2. The molecular formula is C17H17N3O6. The largest absolute Gasteiger partial charge is 0.493 e. The van der Waals surface area contributed by atoms with Crippen molar-refractivity contribution in [2.24, 2.45) is 11.7 Å². The van der Waals surface area contributed by atoms with Crippen LogP contribution in [-0.2, 0) is 4.79 Å². The van der Waals surface area contributed by atoms with Gasteiger partial charge < -0.3 is 15.6 Å². The Hall–Kier alpha value is -3.62. The van der Waals surface area contributed by atoms with E-state index in [9.17, 15) is 19.7 Å². The second kappa shape index (κ2) is 7.97. The fourth-order valence-electron chi connectivity index (χ4n) is 2.11. The first-order valence-corrected chi connectivity index (χ1v) is 7.59. The molecule has 2 amide bonds. The van der Waals surface area contributed by atoms with Gasteiger partial charge in [-0.2, -0.15) is 0 Å². The van der Waals surface area contributed by atoms with E-state index < -0.39 is 22.8 Å². The third-order valence-corrected chi connectivity index (χ3v) is 3.56.